The van der Waals surface area contributed by atoms with E-state index in [0.717, 1.165) is 0 Å². The highest BCUT2D eigenvalue weighted by molar-refractivity contribution is 5.99. The molecule has 1 saturated carbocycles. The Hall–Kier alpha value is -3.67. The van der Waals surface area contributed by atoms with Crippen molar-refractivity contribution in [1.82, 2.24) is 9.80 Å². The van der Waals surface area contributed by atoms with E-state index >= 15 is 0 Å². The number of hydrogen-bond acceptors (Lipinski definition) is 10. The minimum atomic E-state index is -1.81. The molecule has 1 aliphatic carbocycles. The first kappa shape index (κ1) is 32.3. The summed E-state index contributed by atoms with van der Waals surface area (Å²) in [5, 5.41) is 12.8. The number of esters is 3. The van der Waals surface area contributed by atoms with E-state index in [1.165, 1.54) is 4.90 Å². The summed E-state index contributed by atoms with van der Waals surface area (Å²) in [4.78, 5) is 70.6. The van der Waals surface area contributed by atoms with Gasteiger partial charge in [-0.3, -0.25) is 14.4 Å². The smallest absolute Gasteiger partial charge is 0.410 e. The van der Waals surface area contributed by atoms with E-state index in [4.69, 9.17) is 18.9 Å². The molecule has 1 aromatic carbocycles. The number of carbonyl (C=O) groups is 5. The molecule has 5 fully saturated rings. The molecule has 6 rings (SSSR count). The molecule has 6 atom stereocenters. The number of rotatable bonds is 5. The highest BCUT2D eigenvalue weighted by Crippen LogP contribution is 2.76. The van der Waals surface area contributed by atoms with E-state index in [1.807, 2.05) is 20.8 Å². The van der Waals surface area contributed by atoms with E-state index in [0.29, 0.717) is 32.4 Å². The third-order valence-electron chi connectivity index (χ3n) is 10.8. The van der Waals surface area contributed by atoms with Crippen LogP contribution in [0.4, 0.5) is 4.79 Å². The van der Waals surface area contributed by atoms with Crippen LogP contribution >= 0.6 is 0 Å². The van der Waals surface area contributed by atoms with Gasteiger partial charge in [-0.1, -0.05) is 39.0 Å². The Labute approximate surface area is 268 Å². The van der Waals surface area contributed by atoms with Crippen molar-refractivity contribution in [3.8, 4) is 0 Å². The molecule has 4 aliphatic heterocycles. The maximum atomic E-state index is 14.5. The van der Waals surface area contributed by atoms with Crippen LogP contribution < -0.4 is 0 Å². The number of nitrogens with zero attached hydrogens (tertiary/aromatic N) is 2. The molecule has 1 unspecified atom stereocenters. The monoisotopic (exact) mass is 640 g/mol. The number of ether oxygens (including phenoxy) is 4. The number of hydrogen-bond donors (Lipinski definition) is 1. The summed E-state index contributed by atoms with van der Waals surface area (Å²) in [6, 6.07) is 8.18. The molecule has 12 heteroatoms. The zero-order valence-corrected chi connectivity index (χ0v) is 27.4. The first-order valence-corrected chi connectivity index (χ1v) is 16.1. The van der Waals surface area contributed by atoms with E-state index in [2.05, 4.69) is 0 Å². The van der Waals surface area contributed by atoms with Crippen LogP contribution in [0.3, 0.4) is 0 Å². The fourth-order valence-corrected chi connectivity index (χ4v) is 8.62. The minimum absolute atomic E-state index is 0.114. The molecular weight excluding hydrogens is 596 g/mol. The van der Waals surface area contributed by atoms with Crippen molar-refractivity contribution in [2.75, 3.05) is 19.6 Å². The molecule has 5 aliphatic rings. The number of likely N-dealkylation sites (tertiary alicyclic amines) is 2. The van der Waals surface area contributed by atoms with Crippen LogP contribution in [0.25, 0.3) is 0 Å². The zero-order valence-electron chi connectivity index (χ0n) is 27.4. The topological polar surface area (TPSA) is 149 Å². The molecule has 1 N–H and O–H groups in total. The highest BCUT2D eigenvalue weighted by Gasteiger charge is 2.93. The fourth-order valence-electron chi connectivity index (χ4n) is 8.62. The number of piperidine rings is 1. The van der Waals surface area contributed by atoms with Crippen molar-refractivity contribution >= 4 is 29.9 Å². The Bertz CT molecular complexity index is 1440. The van der Waals surface area contributed by atoms with Crippen molar-refractivity contribution < 1.29 is 48.0 Å². The second kappa shape index (κ2) is 10.7. The number of benzene rings is 1. The Balaban J connectivity index is 1.33. The zero-order chi connectivity index (χ0) is 33.4. The first-order chi connectivity index (χ1) is 21.5. The lowest BCUT2D eigenvalue weighted by Gasteiger charge is -2.51. The van der Waals surface area contributed by atoms with Gasteiger partial charge >= 0.3 is 24.0 Å². The average Bonchev–Trinajstić information content (AvgIpc) is 3.58. The van der Waals surface area contributed by atoms with Gasteiger partial charge in [0.25, 0.3) is 5.91 Å². The van der Waals surface area contributed by atoms with Crippen molar-refractivity contribution in [2.45, 2.75) is 103 Å². The van der Waals surface area contributed by atoms with Gasteiger partial charge in [-0.05, 0) is 63.5 Å². The van der Waals surface area contributed by atoms with E-state index in [9.17, 15) is 29.1 Å². The predicted molar refractivity (Wildman–Crippen MR) is 161 cm³/mol. The molecule has 0 bridgehead atoms. The van der Waals surface area contributed by atoms with Crippen LogP contribution in [0.15, 0.2) is 30.3 Å². The average molecular weight is 641 g/mol. The van der Waals surface area contributed by atoms with Gasteiger partial charge in [0.1, 0.15) is 22.5 Å². The number of carbonyl (C=O) groups excluding carboxylic acids is 5. The fraction of sp³-hybridized carbons (Fsp3) is 0.676. The molecule has 46 heavy (non-hydrogen) atoms. The summed E-state index contributed by atoms with van der Waals surface area (Å²) in [6.07, 6.45) is -2.93. The maximum Gasteiger partial charge on any atom is 0.410 e. The van der Waals surface area contributed by atoms with Gasteiger partial charge in [0.05, 0.1) is 17.6 Å². The van der Waals surface area contributed by atoms with Crippen molar-refractivity contribution in [3.63, 3.8) is 0 Å². The van der Waals surface area contributed by atoms with Gasteiger partial charge in [-0.15, -0.1) is 0 Å². The van der Waals surface area contributed by atoms with Crippen molar-refractivity contribution in [1.29, 1.82) is 0 Å². The van der Waals surface area contributed by atoms with Crippen LogP contribution in [0.5, 0.6) is 0 Å². The lowest BCUT2D eigenvalue weighted by molar-refractivity contribution is -0.212. The van der Waals surface area contributed by atoms with E-state index in [-0.39, 0.29) is 30.5 Å². The minimum Gasteiger partial charge on any atom is -0.461 e. The van der Waals surface area contributed by atoms with Crippen LogP contribution in [0.1, 0.15) is 84.0 Å². The van der Waals surface area contributed by atoms with Crippen molar-refractivity contribution in [2.24, 2.45) is 22.2 Å². The van der Waals surface area contributed by atoms with Crippen LogP contribution in [0, 0.1) is 22.2 Å². The molecular formula is C34H44N2O10. The Morgan fingerprint density at radius 3 is 2.26 bits per heavy atom. The Morgan fingerprint density at radius 2 is 1.65 bits per heavy atom. The standard InChI is InChI=1S/C34H44N2O10/c1-30(2,3)33(42)18-22-32(19-23(37)43-22)28(40)45-27-34(32,33)24(44-26(39)21-10-8-7-9-11-21)25(38)36(27)17-14-20-12-15-35(16-13-20)29(41)46-31(4,5)6/h7-11,20,22,24,27,42H,12-19H2,1-6H3/t22-,24-,27-,32-,33+,34?/m0/s1. The SMILES string of the molecule is CC(C)(C)OC(=O)N1CCC(CCN2C(=O)[C@H](OC(=O)c3ccccc3)C34[C@@H]2OC(=O)[C@@]32CC(=O)O[C@H]2C[C@@]4(O)C(C)(C)C)CC1. The van der Waals surface area contributed by atoms with E-state index in [1.54, 1.807) is 56.0 Å². The van der Waals surface area contributed by atoms with Gasteiger partial charge in [0.2, 0.25) is 0 Å². The van der Waals surface area contributed by atoms with Gasteiger partial charge in [-0.2, -0.15) is 0 Å². The normalized spacial score (nSPS) is 34.2. The third kappa shape index (κ3) is 4.53. The molecule has 250 valence electrons. The highest BCUT2D eigenvalue weighted by atomic mass is 16.6. The quantitative estimate of drug-likeness (QED) is 0.375. The number of amides is 2. The lowest BCUT2D eigenvalue weighted by Crippen LogP contribution is -2.66. The number of aliphatic hydroxyl groups is 1. The Kier molecular flexibility index (Phi) is 7.50. The molecule has 0 radical (unpaired) electrons. The van der Waals surface area contributed by atoms with E-state index < -0.39 is 76.1 Å². The van der Waals surface area contributed by atoms with Crippen LogP contribution in [-0.4, -0.2) is 94.1 Å². The molecule has 1 aromatic rings. The molecule has 0 aromatic heterocycles. The summed E-state index contributed by atoms with van der Waals surface area (Å²) in [7, 11) is 0. The molecule has 4 heterocycles. The molecule has 4 saturated heterocycles. The summed E-state index contributed by atoms with van der Waals surface area (Å²) < 4.78 is 23.3. The molecule has 2 amide bonds. The summed E-state index contributed by atoms with van der Waals surface area (Å²) in [5.74, 6) is -2.60. The van der Waals surface area contributed by atoms with Gasteiger partial charge in [0.15, 0.2) is 12.3 Å². The summed E-state index contributed by atoms with van der Waals surface area (Å²) in [5.41, 5.74) is -6.70. The second-order valence-corrected chi connectivity index (χ2v) is 15.5. The van der Waals surface area contributed by atoms with Gasteiger partial charge < -0.3 is 33.9 Å². The Morgan fingerprint density at radius 1 is 1.00 bits per heavy atom. The third-order valence-corrected chi connectivity index (χ3v) is 10.8. The predicted octanol–water partition coefficient (Wildman–Crippen LogP) is 3.44. The maximum absolute atomic E-state index is 14.5. The van der Waals surface area contributed by atoms with Crippen LogP contribution in [0.2, 0.25) is 0 Å². The molecule has 12 nitrogen and oxygen atoms in total. The van der Waals surface area contributed by atoms with Crippen LogP contribution in [-0.2, 0) is 33.3 Å². The van der Waals surface area contributed by atoms with Crippen molar-refractivity contribution in [3.05, 3.63) is 35.9 Å². The second-order valence-electron chi connectivity index (χ2n) is 15.5. The van der Waals surface area contributed by atoms with Gasteiger partial charge in [0, 0.05) is 26.1 Å². The largest absolute Gasteiger partial charge is 0.461 e. The molecule has 2 spiro atoms. The van der Waals surface area contributed by atoms with Gasteiger partial charge in [-0.25, -0.2) is 9.59 Å². The first-order valence-electron chi connectivity index (χ1n) is 16.1. The summed E-state index contributed by atoms with van der Waals surface area (Å²) >= 11 is 0. The lowest BCUT2D eigenvalue weighted by atomic mass is 9.52. The summed E-state index contributed by atoms with van der Waals surface area (Å²) in [6.45, 7) is 12.0.